The Morgan fingerprint density at radius 3 is 1.86 bits per heavy atom. The maximum absolute atomic E-state index is 11.2. The molecule has 0 radical (unpaired) electrons. The van der Waals surface area contributed by atoms with Crippen LogP contribution in [0.5, 0.6) is 0 Å². The molecule has 2 rings (SSSR count). The Kier molecular flexibility index (Phi) is 7.30. The fourth-order valence-electron chi connectivity index (χ4n) is 2.96. The highest BCUT2D eigenvalue weighted by Gasteiger charge is 2.62. The molecule has 0 aromatic rings. The highest BCUT2D eigenvalue weighted by molar-refractivity contribution is 7.46. The fraction of sp³-hybridized carbons (Fsp3) is 1.00. The van der Waals surface area contributed by atoms with Crippen molar-refractivity contribution >= 4 is 23.5 Å². The van der Waals surface area contributed by atoms with Gasteiger partial charge in [0.05, 0.1) is 19.3 Å². The minimum Gasteiger partial charge on any atom is -0.394 e. The molecule has 0 amide bonds. The molecule has 0 bridgehead atoms. The van der Waals surface area contributed by atoms with Crippen molar-refractivity contribution in [2.45, 2.75) is 42.7 Å². The number of aliphatic hydroxyl groups excluding tert-OH is 2. The quantitative estimate of drug-likeness (QED) is 0.174. The summed E-state index contributed by atoms with van der Waals surface area (Å²) in [6, 6.07) is 0. The molecule has 166 valence electrons. The maximum atomic E-state index is 11.2. The van der Waals surface area contributed by atoms with Gasteiger partial charge in [0.1, 0.15) is 24.4 Å². The van der Waals surface area contributed by atoms with E-state index in [0.717, 1.165) is 0 Å². The summed E-state index contributed by atoms with van der Waals surface area (Å²) < 4.78 is 57.0. The van der Waals surface area contributed by atoms with Crippen LogP contribution in [0.1, 0.15) is 6.42 Å². The largest absolute Gasteiger partial charge is 0.470 e. The normalized spacial score (nSPS) is 37.5. The van der Waals surface area contributed by atoms with Crippen molar-refractivity contribution in [3.63, 3.8) is 0 Å². The van der Waals surface area contributed by atoms with Gasteiger partial charge in [-0.2, -0.15) is 0 Å². The highest BCUT2D eigenvalue weighted by atomic mass is 31.2. The predicted octanol–water partition coefficient (Wildman–Crippen LogP) is -2.71. The Morgan fingerprint density at radius 1 is 0.893 bits per heavy atom. The summed E-state index contributed by atoms with van der Waals surface area (Å²) in [5.74, 6) is -2.23. The summed E-state index contributed by atoms with van der Waals surface area (Å²) in [6.07, 6.45) is -10.0. The molecule has 0 unspecified atom stereocenters. The standard InChI is InChI=1S/C9H19O16P3/c10-2-5-6(24-27(15,16)17)7(25-28(18,19)20)8(11)9(22-5)1-4(3-21-9)23-26(12,13)14/h4-8,10-11H,1-3H2,(H2,12,13,14)(H2,15,16,17)(H2,18,19,20)/t4-,5+,6+,7-,8+,9-/m0/s1. The van der Waals surface area contributed by atoms with Crippen molar-refractivity contribution in [3.05, 3.63) is 0 Å². The number of rotatable bonds is 7. The zero-order valence-corrected chi connectivity index (χ0v) is 16.4. The molecule has 0 saturated carbocycles. The van der Waals surface area contributed by atoms with Crippen molar-refractivity contribution in [3.8, 4) is 0 Å². The van der Waals surface area contributed by atoms with Crippen LogP contribution >= 0.6 is 23.5 Å². The van der Waals surface area contributed by atoms with E-state index >= 15 is 0 Å². The summed E-state index contributed by atoms with van der Waals surface area (Å²) in [5.41, 5.74) is 0. The minimum absolute atomic E-state index is 0.535. The number of hydrogen-bond donors (Lipinski definition) is 8. The summed E-state index contributed by atoms with van der Waals surface area (Å²) >= 11 is 0. The monoisotopic (exact) mass is 476 g/mol. The molecule has 2 aliphatic heterocycles. The molecule has 2 aliphatic rings. The second-order valence-corrected chi connectivity index (χ2v) is 9.53. The van der Waals surface area contributed by atoms with Gasteiger partial charge in [-0.15, -0.1) is 0 Å². The van der Waals surface area contributed by atoms with Gasteiger partial charge in [0.25, 0.3) is 0 Å². The first-order chi connectivity index (χ1) is 12.6. The minimum atomic E-state index is -5.36. The molecule has 8 N–H and O–H groups in total. The Morgan fingerprint density at radius 2 is 1.39 bits per heavy atom. The molecule has 0 aromatic heterocycles. The van der Waals surface area contributed by atoms with Crippen molar-refractivity contribution in [2.24, 2.45) is 0 Å². The lowest BCUT2D eigenvalue weighted by Crippen LogP contribution is -2.66. The third kappa shape index (κ3) is 6.33. The van der Waals surface area contributed by atoms with Crippen LogP contribution in [0.15, 0.2) is 0 Å². The SMILES string of the molecule is O=P(O)(O)O[C@@H]1CO[C@@]2(C1)O[C@H](CO)[C@@H](OP(=O)(O)O)[C@H](OP(=O)(O)O)[C@H]2O. The number of phosphoric acid groups is 3. The van der Waals surface area contributed by atoms with Crippen molar-refractivity contribution in [1.29, 1.82) is 0 Å². The van der Waals surface area contributed by atoms with Crippen LogP contribution in [0.25, 0.3) is 0 Å². The summed E-state index contributed by atoms with van der Waals surface area (Å²) in [6.45, 7) is -1.56. The third-order valence-corrected chi connectivity index (χ3v) is 5.42. The van der Waals surface area contributed by atoms with Crippen LogP contribution in [0, 0.1) is 0 Å². The smallest absolute Gasteiger partial charge is 0.394 e. The third-order valence-electron chi connectivity index (χ3n) is 3.81. The van der Waals surface area contributed by atoms with Crippen LogP contribution in [0.4, 0.5) is 0 Å². The number of phosphoric ester groups is 3. The highest BCUT2D eigenvalue weighted by Crippen LogP contribution is 2.51. The van der Waals surface area contributed by atoms with E-state index in [0.29, 0.717) is 0 Å². The topological polar surface area (TPSA) is 259 Å². The lowest BCUT2D eigenvalue weighted by molar-refractivity contribution is -0.345. The van der Waals surface area contributed by atoms with Crippen molar-refractivity contribution in [1.82, 2.24) is 0 Å². The molecule has 2 saturated heterocycles. The first-order valence-electron chi connectivity index (χ1n) is 7.38. The molecule has 0 aromatic carbocycles. The number of ether oxygens (including phenoxy) is 2. The summed E-state index contributed by atoms with van der Waals surface area (Å²) in [4.78, 5) is 53.8. The zero-order chi connectivity index (χ0) is 21.5. The molecular weight excluding hydrogens is 457 g/mol. The first kappa shape index (κ1) is 24.4. The molecule has 28 heavy (non-hydrogen) atoms. The van der Waals surface area contributed by atoms with Gasteiger partial charge < -0.3 is 49.0 Å². The van der Waals surface area contributed by atoms with Gasteiger partial charge in [-0.05, 0) is 0 Å². The van der Waals surface area contributed by atoms with E-state index in [1.54, 1.807) is 0 Å². The van der Waals surface area contributed by atoms with Crippen molar-refractivity contribution in [2.75, 3.05) is 13.2 Å². The lowest BCUT2D eigenvalue weighted by Gasteiger charge is -2.48. The summed E-state index contributed by atoms with van der Waals surface area (Å²) in [7, 11) is -15.6. The van der Waals surface area contributed by atoms with Gasteiger partial charge in [-0.1, -0.05) is 0 Å². The van der Waals surface area contributed by atoms with Gasteiger partial charge in [-0.3, -0.25) is 13.6 Å². The average molecular weight is 476 g/mol. The van der Waals surface area contributed by atoms with Gasteiger partial charge in [0.2, 0.25) is 0 Å². The van der Waals surface area contributed by atoms with E-state index in [9.17, 15) is 23.9 Å². The molecule has 16 nitrogen and oxygen atoms in total. The van der Waals surface area contributed by atoms with Crippen LogP contribution in [-0.4, -0.2) is 89.1 Å². The van der Waals surface area contributed by atoms with Crippen LogP contribution in [0.3, 0.4) is 0 Å². The van der Waals surface area contributed by atoms with Crippen LogP contribution in [-0.2, 0) is 36.7 Å². The second kappa shape index (κ2) is 8.36. The van der Waals surface area contributed by atoms with E-state index in [4.69, 9.17) is 38.8 Å². The molecule has 19 heteroatoms. The second-order valence-electron chi connectivity index (χ2n) is 5.95. The fourth-order valence-corrected chi connectivity index (χ4v) is 4.61. The first-order valence-corrected chi connectivity index (χ1v) is 12.0. The van der Waals surface area contributed by atoms with Crippen LogP contribution < -0.4 is 0 Å². The Balaban J connectivity index is 2.35. The molecular formula is C9H19O16P3. The molecule has 6 atom stereocenters. The summed E-state index contributed by atoms with van der Waals surface area (Å²) in [5, 5.41) is 20.0. The number of hydrogen-bond acceptors (Lipinski definition) is 10. The van der Waals surface area contributed by atoms with E-state index in [2.05, 4.69) is 13.6 Å². The lowest BCUT2D eigenvalue weighted by atomic mass is 9.90. The van der Waals surface area contributed by atoms with Gasteiger partial charge in [-0.25, -0.2) is 13.7 Å². The Hall–Kier alpha value is 0.170. The molecule has 2 heterocycles. The zero-order valence-electron chi connectivity index (χ0n) is 13.7. The molecule has 0 aliphatic carbocycles. The Bertz CT molecular complexity index is 695. The van der Waals surface area contributed by atoms with E-state index in [1.165, 1.54) is 0 Å². The van der Waals surface area contributed by atoms with Gasteiger partial charge in [0, 0.05) is 6.42 Å². The Labute approximate surface area is 156 Å². The van der Waals surface area contributed by atoms with Gasteiger partial charge >= 0.3 is 23.5 Å². The molecule has 1 spiro atoms. The average Bonchev–Trinajstić information content (AvgIpc) is 2.86. The van der Waals surface area contributed by atoms with E-state index in [-0.39, 0.29) is 0 Å². The van der Waals surface area contributed by atoms with Crippen molar-refractivity contribution < 1.29 is 76.3 Å². The van der Waals surface area contributed by atoms with Gasteiger partial charge in [0.15, 0.2) is 5.79 Å². The van der Waals surface area contributed by atoms with Crippen LogP contribution in [0.2, 0.25) is 0 Å². The van der Waals surface area contributed by atoms with E-state index in [1.807, 2.05) is 0 Å². The number of aliphatic hydroxyl groups is 2. The maximum Gasteiger partial charge on any atom is 0.470 e. The predicted molar refractivity (Wildman–Crippen MR) is 82.0 cm³/mol. The molecule has 2 fully saturated rings. The van der Waals surface area contributed by atoms with E-state index < -0.39 is 79.4 Å².